The maximum absolute atomic E-state index is 15.7. The maximum atomic E-state index is 15.7. The van der Waals surface area contributed by atoms with E-state index in [0.29, 0.717) is 53.8 Å². The average molecular weight is 666 g/mol. The molecule has 7 rings (SSSR count). The predicted molar refractivity (Wildman–Crippen MR) is 182 cm³/mol. The van der Waals surface area contributed by atoms with Gasteiger partial charge in [-0.1, -0.05) is 18.2 Å². The number of para-hydroxylation sites is 1. The van der Waals surface area contributed by atoms with Crippen molar-refractivity contribution in [1.82, 2.24) is 34.4 Å². The number of hydrogen-bond acceptors (Lipinski definition) is 10. The van der Waals surface area contributed by atoms with E-state index in [1.165, 1.54) is 17.1 Å². The van der Waals surface area contributed by atoms with Crippen LogP contribution < -0.4 is 10.5 Å². The highest BCUT2D eigenvalue weighted by Crippen LogP contribution is 2.35. The molecule has 4 aromatic rings. The van der Waals surface area contributed by atoms with Gasteiger partial charge in [0.2, 0.25) is 0 Å². The first-order valence-corrected chi connectivity index (χ1v) is 16.7. The van der Waals surface area contributed by atoms with Crippen molar-refractivity contribution < 1.29 is 18.7 Å². The molecule has 2 N–H and O–H groups in total. The van der Waals surface area contributed by atoms with Gasteiger partial charge < -0.3 is 20.1 Å². The number of aromatic nitrogens is 4. The van der Waals surface area contributed by atoms with Gasteiger partial charge in [0, 0.05) is 56.8 Å². The normalized spacial score (nSPS) is 19.8. The van der Waals surface area contributed by atoms with E-state index in [1.54, 1.807) is 29.2 Å². The van der Waals surface area contributed by atoms with Crippen molar-refractivity contribution in [2.24, 2.45) is 0 Å². The quantitative estimate of drug-likeness (QED) is 0.214. The molecule has 254 valence electrons. The molecule has 3 aliphatic rings. The topological polar surface area (TPSA) is 139 Å². The minimum atomic E-state index is -0.557. The van der Waals surface area contributed by atoms with Gasteiger partial charge in [0.25, 0.3) is 5.91 Å². The first-order valence-electron chi connectivity index (χ1n) is 16.7. The molecule has 0 radical (unpaired) electrons. The molecule has 0 saturated carbocycles. The van der Waals surface area contributed by atoms with Gasteiger partial charge in [0.1, 0.15) is 46.2 Å². The molecule has 12 nitrogen and oxygen atoms in total. The molecule has 3 fully saturated rings. The highest BCUT2D eigenvalue weighted by molar-refractivity contribution is 5.97. The summed E-state index contributed by atoms with van der Waals surface area (Å²) in [7, 11) is 0. The molecule has 2 aromatic heterocycles. The van der Waals surface area contributed by atoms with Crippen LogP contribution in [-0.2, 0) is 9.53 Å². The number of nitriles is 1. The first-order chi connectivity index (χ1) is 23.7. The number of piperazine rings is 1. The van der Waals surface area contributed by atoms with Crippen LogP contribution >= 0.6 is 0 Å². The van der Waals surface area contributed by atoms with Crippen LogP contribution in [0.1, 0.15) is 38.3 Å². The summed E-state index contributed by atoms with van der Waals surface area (Å²) in [5.41, 5.74) is 7.63. The van der Waals surface area contributed by atoms with Crippen LogP contribution in [0.15, 0.2) is 66.5 Å². The summed E-state index contributed by atoms with van der Waals surface area (Å²) in [4.78, 5) is 29.0. The number of ether oxygens (including phenoxy) is 2. The van der Waals surface area contributed by atoms with Crippen LogP contribution in [0.25, 0.3) is 16.7 Å². The number of piperidine rings is 1. The largest absolute Gasteiger partial charge is 0.457 e. The summed E-state index contributed by atoms with van der Waals surface area (Å²) in [5, 5.41) is 15.0. The molecule has 13 heteroatoms. The van der Waals surface area contributed by atoms with Crippen molar-refractivity contribution in [1.29, 1.82) is 5.26 Å². The second-order valence-electron chi connectivity index (χ2n) is 13.4. The van der Waals surface area contributed by atoms with Crippen LogP contribution in [0.2, 0.25) is 0 Å². The molecule has 3 saturated heterocycles. The number of nitrogens with two attached hydrogens (primary N) is 1. The van der Waals surface area contributed by atoms with Gasteiger partial charge in [0.15, 0.2) is 11.6 Å². The Morgan fingerprint density at radius 1 is 1.08 bits per heavy atom. The van der Waals surface area contributed by atoms with Crippen LogP contribution in [0.5, 0.6) is 11.5 Å². The van der Waals surface area contributed by atoms with E-state index in [0.717, 1.165) is 45.8 Å². The van der Waals surface area contributed by atoms with Crippen LogP contribution in [0, 0.1) is 17.1 Å². The molecular weight excluding hydrogens is 625 g/mol. The number of halogens is 1. The number of benzene rings is 2. The van der Waals surface area contributed by atoms with E-state index in [9.17, 15) is 10.1 Å². The van der Waals surface area contributed by atoms with Crippen molar-refractivity contribution in [3.63, 3.8) is 0 Å². The molecule has 1 amide bonds. The van der Waals surface area contributed by atoms with Gasteiger partial charge in [-0.2, -0.15) is 10.4 Å². The number of amides is 1. The van der Waals surface area contributed by atoms with Gasteiger partial charge in [-0.25, -0.2) is 19.0 Å². The zero-order valence-corrected chi connectivity index (χ0v) is 27.8. The standard InChI is InChI=1S/C36H40FN9O3/c1-36(2,45-15-13-43(14-16-45)26-21-48-22-26)18-25(19-38)35(47)44-12-6-7-24(20-44)31-32-33(34(39)41-23-40-32)46(42-31)30-11-10-28(17-29(30)37)49-27-8-4-3-5-9-27/h3-5,8-11,17-18,23-24,26H,6-7,12-16,20-22H2,1-2H3,(H2,39,40,41)/b25-18-/t24-/m1/s1. The number of likely N-dealkylation sites (tertiary alicyclic amines) is 1. The molecule has 2 aromatic carbocycles. The Labute approximate surface area is 284 Å². The first kappa shape index (κ1) is 32.6. The van der Waals surface area contributed by atoms with E-state index in [1.807, 2.05) is 24.3 Å². The van der Waals surface area contributed by atoms with Gasteiger partial charge in [-0.3, -0.25) is 14.6 Å². The Hall–Kier alpha value is -4.90. The fourth-order valence-corrected chi connectivity index (χ4v) is 7.03. The van der Waals surface area contributed by atoms with Gasteiger partial charge >= 0.3 is 0 Å². The zero-order valence-electron chi connectivity index (χ0n) is 27.8. The van der Waals surface area contributed by atoms with E-state index in [2.05, 4.69) is 39.7 Å². The number of rotatable bonds is 8. The fourth-order valence-electron chi connectivity index (χ4n) is 7.03. The predicted octanol–water partition coefficient (Wildman–Crippen LogP) is 4.28. The van der Waals surface area contributed by atoms with Gasteiger partial charge in [-0.15, -0.1) is 0 Å². The van der Waals surface area contributed by atoms with E-state index in [-0.39, 0.29) is 28.9 Å². The minimum Gasteiger partial charge on any atom is -0.457 e. The third kappa shape index (κ3) is 6.59. The Morgan fingerprint density at radius 2 is 1.86 bits per heavy atom. The third-order valence-corrected chi connectivity index (χ3v) is 9.85. The molecule has 5 heterocycles. The van der Waals surface area contributed by atoms with Gasteiger partial charge in [0.05, 0.1) is 24.9 Å². The molecule has 0 bridgehead atoms. The van der Waals surface area contributed by atoms with Gasteiger partial charge in [-0.05, 0) is 57.0 Å². The molecule has 49 heavy (non-hydrogen) atoms. The monoisotopic (exact) mass is 665 g/mol. The molecule has 1 atom stereocenters. The number of carbonyl (C=O) groups is 1. The minimum absolute atomic E-state index is 0.127. The lowest BCUT2D eigenvalue weighted by atomic mass is 9.92. The lowest BCUT2D eigenvalue weighted by Gasteiger charge is -2.46. The summed E-state index contributed by atoms with van der Waals surface area (Å²) in [6, 6.07) is 16.4. The van der Waals surface area contributed by atoms with Crippen LogP contribution in [0.3, 0.4) is 0 Å². The number of nitrogens with zero attached hydrogens (tertiary/aromatic N) is 8. The summed E-state index contributed by atoms with van der Waals surface area (Å²) < 4.78 is 28.3. The number of hydrogen-bond donors (Lipinski definition) is 1. The lowest BCUT2D eigenvalue weighted by Crippen LogP contribution is -2.59. The third-order valence-electron chi connectivity index (χ3n) is 9.85. The zero-order chi connectivity index (χ0) is 34.1. The average Bonchev–Trinajstić information content (AvgIpc) is 3.48. The van der Waals surface area contributed by atoms with Crippen molar-refractivity contribution in [3.05, 3.63) is 78.0 Å². The van der Waals surface area contributed by atoms with E-state index < -0.39 is 11.4 Å². The lowest BCUT2D eigenvalue weighted by molar-refractivity contribution is -0.128. The summed E-state index contributed by atoms with van der Waals surface area (Å²) in [6.07, 6.45) is 4.62. The molecule has 0 spiro atoms. The van der Waals surface area contributed by atoms with E-state index >= 15 is 4.39 Å². The molecule has 0 aliphatic carbocycles. The fraction of sp³-hybridized carbons (Fsp3) is 0.417. The SMILES string of the molecule is CC(C)(/C=C(/C#N)C(=O)N1CCC[C@@H](c2nn(-c3ccc(Oc4ccccc4)cc3F)c3c(N)ncnc23)C1)N1CCN(C2COC2)CC1. The number of carbonyl (C=O) groups excluding carboxylic acids is 1. The Kier molecular flexibility index (Phi) is 9.02. The summed E-state index contributed by atoms with van der Waals surface area (Å²) in [5.74, 6) is 0.0181. The molecule has 0 unspecified atom stereocenters. The van der Waals surface area contributed by atoms with Crippen LogP contribution in [0.4, 0.5) is 10.2 Å². The Morgan fingerprint density at radius 3 is 2.55 bits per heavy atom. The number of nitrogen functional groups attached to an aromatic ring is 1. The summed E-state index contributed by atoms with van der Waals surface area (Å²) >= 11 is 0. The smallest absolute Gasteiger partial charge is 0.264 e. The second kappa shape index (κ2) is 13.5. The Bertz CT molecular complexity index is 1910. The highest BCUT2D eigenvalue weighted by atomic mass is 19.1. The number of anilines is 1. The van der Waals surface area contributed by atoms with E-state index in [4.69, 9.17) is 20.3 Å². The second-order valence-corrected chi connectivity index (χ2v) is 13.4. The van der Waals surface area contributed by atoms with Crippen molar-refractivity contribution >= 4 is 22.8 Å². The number of fused-ring (bicyclic) bond motifs is 1. The molecular formula is C36H40FN9O3. The van der Waals surface area contributed by atoms with Crippen molar-refractivity contribution in [3.8, 4) is 23.3 Å². The Balaban J connectivity index is 1.11. The maximum Gasteiger partial charge on any atom is 0.264 e. The molecule has 3 aliphatic heterocycles. The highest BCUT2D eigenvalue weighted by Gasteiger charge is 2.36. The summed E-state index contributed by atoms with van der Waals surface area (Å²) in [6.45, 7) is 10.1. The van der Waals surface area contributed by atoms with Crippen molar-refractivity contribution in [2.45, 2.75) is 44.2 Å². The van der Waals surface area contributed by atoms with Crippen LogP contribution in [-0.4, -0.2) is 104 Å². The van der Waals surface area contributed by atoms with Crippen molar-refractivity contribution in [2.75, 3.05) is 58.2 Å².